The van der Waals surface area contributed by atoms with Crippen LogP contribution in [-0.4, -0.2) is 52.0 Å². The first kappa shape index (κ1) is 14.8. The van der Waals surface area contributed by atoms with Crippen molar-refractivity contribution in [3.8, 4) is 0 Å². The van der Waals surface area contributed by atoms with Crippen molar-refractivity contribution in [1.29, 1.82) is 0 Å². The summed E-state index contributed by atoms with van der Waals surface area (Å²) in [6, 6.07) is 8.53. The fourth-order valence-corrected chi connectivity index (χ4v) is 3.83. The van der Waals surface area contributed by atoms with Crippen LogP contribution in [0.25, 0.3) is 10.2 Å². The molecule has 1 aliphatic rings. The number of thiazole rings is 1. The largest absolute Gasteiger partial charge is 0.392 e. The van der Waals surface area contributed by atoms with Gasteiger partial charge < -0.3 is 5.73 Å². The summed E-state index contributed by atoms with van der Waals surface area (Å²) in [4.78, 5) is 10.1. The molecule has 0 amide bonds. The topological polar surface area (TPSA) is 45.4 Å². The smallest absolute Gasteiger partial charge is 0.108 e. The molecule has 1 atom stereocenters. The monoisotopic (exact) mass is 320 g/mol. The summed E-state index contributed by atoms with van der Waals surface area (Å²) in [6.45, 7) is 7.15. The van der Waals surface area contributed by atoms with E-state index in [-0.39, 0.29) is 6.04 Å². The third-order valence-corrected chi connectivity index (χ3v) is 5.43. The average molecular weight is 320 g/mol. The lowest BCUT2D eigenvalue weighted by molar-refractivity contribution is 0.118. The first-order chi connectivity index (χ1) is 10.1. The van der Waals surface area contributed by atoms with Crippen molar-refractivity contribution >= 4 is 38.8 Å². The van der Waals surface area contributed by atoms with E-state index in [0.29, 0.717) is 4.99 Å². The summed E-state index contributed by atoms with van der Waals surface area (Å²) < 4.78 is 1.27. The highest BCUT2D eigenvalue weighted by molar-refractivity contribution is 7.80. The van der Waals surface area contributed by atoms with E-state index in [9.17, 15) is 0 Å². The molecule has 2 N–H and O–H groups in total. The van der Waals surface area contributed by atoms with Gasteiger partial charge in [0.1, 0.15) is 5.01 Å². The van der Waals surface area contributed by atoms with E-state index in [1.807, 2.05) is 6.07 Å². The second-order valence-electron chi connectivity index (χ2n) is 5.47. The van der Waals surface area contributed by atoms with Gasteiger partial charge in [-0.15, -0.1) is 11.3 Å². The minimum Gasteiger partial charge on any atom is -0.392 e. The van der Waals surface area contributed by atoms with Crippen molar-refractivity contribution in [2.45, 2.75) is 19.5 Å². The first-order valence-corrected chi connectivity index (χ1v) is 8.46. The molecule has 0 saturated carbocycles. The molecule has 0 aliphatic carbocycles. The molecule has 2 aromatic rings. The van der Waals surface area contributed by atoms with E-state index < -0.39 is 0 Å². The summed E-state index contributed by atoms with van der Waals surface area (Å²) in [5.41, 5.74) is 6.85. The zero-order chi connectivity index (χ0) is 14.8. The van der Waals surface area contributed by atoms with Crippen LogP contribution in [0.2, 0.25) is 0 Å². The Morgan fingerprint density at radius 2 is 2.05 bits per heavy atom. The van der Waals surface area contributed by atoms with E-state index in [2.05, 4.69) is 34.9 Å². The molecule has 6 heteroatoms. The van der Waals surface area contributed by atoms with Gasteiger partial charge in [-0.3, -0.25) is 9.80 Å². The maximum atomic E-state index is 5.74. The molecule has 1 saturated heterocycles. The molecule has 21 heavy (non-hydrogen) atoms. The number of nitrogens with zero attached hydrogens (tertiary/aromatic N) is 3. The van der Waals surface area contributed by atoms with Crippen LogP contribution >= 0.6 is 23.6 Å². The number of nitrogens with two attached hydrogens (primary N) is 1. The number of fused-ring (bicyclic) bond motifs is 1. The highest BCUT2D eigenvalue weighted by Crippen LogP contribution is 2.23. The maximum Gasteiger partial charge on any atom is 0.108 e. The second kappa shape index (κ2) is 6.36. The second-order valence-corrected chi connectivity index (χ2v) is 7.05. The van der Waals surface area contributed by atoms with Gasteiger partial charge in [-0.05, 0) is 19.1 Å². The normalized spacial score (nSPS) is 18.9. The van der Waals surface area contributed by atoms with Gasteiger partial charge in [-0.25, -0.2) is 4.98 Å². The van der Waals surface area contributed by atoms with Crippen LogP contribution in [0.1, 0.15) is 11.9 Å². The Labute approximate surface area is 134 Å². The van der Waals surface area contributed by atoms with E-state index >= 15 is 0 Å². The van der Waals surface area contributed by atoms with Crippen molar-refractivity contribution in [1.82, 2.24) is 14.8 Å². The van der Waals surface area contributed by atoms with E-state index in [1.54, 1.807) is 11.3 Å². The Kier molecular flexibility index (Phi) is 4.49. The van der Waals surface area contributed by atoms with Crippen molar-refractivity contribution in [2.75, 3.05) is 26.2 Å². The van der Waals surface area contributed by atoms with E-state index in [4.69, 9.17) is 22.9 Å². The molecule has 0 bridgehead atoms. The lowest BCUT2D eigenvalue weighted by Gasteiger charge is -2.37. The van der Waals surface area contributed by atoms with Gasteiger partial charge in [0, 0.05) is 26.2 Å². The van der Waals surface area contributed by atoms with Gasteiger partial charge in [-0.1, -0.05) is 24.4 Å². The third-order valence-electron chi connectivity index (χ3n) is 4.06. The molecule has 1 aromatic carbocycles. The van der Waals surface area contributed by atoms with Crippen molar-refractivity contribution in [3.05, 3.63) is 29.3 Å². The van der Waals surface area contributed by atoms with Crippen LogP contribution in [0.5, 0.6) is 0 Å². The molecule has 1 aromatic heterocycles. The van der Waals surface area contributed by atoms with Gasteiger partial charge in [-0.2, -0.15) is 0 Å². The average Bonchev–Trinajstić information content (AvgIpc) is 2.89. The number of piperazine rings is 1. The maximum absolute atomic E-state index is 5.74. The van der Waals surface area contributed by atoms with Gasteiger partial charge in [0.15, 0.2) is 0 Å². The molecule has 1 fully saturated rings. The Balaban J connectivity index is 1.59. The molecule has 3 rings (SSSR count). The van der Waals surface area contributed by atoms with Gasteiger partial charge in [0.05, 0.1) is 27.8 Å². The van der Waals surface area contributed by atoms with Crippen LogP contribution in [-0.2, 0) is 6.54 Å². The number of para-hydroxylation sites is 1. The van der Waals surface area contributed by atoms with Gasteiger partial charge in [0.2, 0.25) is 0 Å². The van der Waals surface area contributed by atoms with Gasteiger partial charge in [0.25, 0.3) is 0 Å². The number of benzene rings is 1. The summed E-state index contributed by atoms with van der Waals surface area (Å²) in [5.74, 6) is 0. The predicted octanol–water partition coefficient (Wildman–Crippen LogP) is 2.09. The van der Waals surface area contributed by atoms with E-state index in [0.717, 1.165) is 38.2 Å². The van der Waals surface area contributed by atoms with Crippen LogP contribution in [0.15, 0.2) is 24.3 Å². The fourth-order valence-electron chi connectivity index (χ4n) is 2.67. The van der Waals surface area contributed by atoms with Crippen molar-refractivity contribution in [2.24, 2.45) is 5.73 Å². The molecule has 1 aliphatic heterocycles. The number of thiocarbonyl (C=S) groups is 1. The fraction of sp³-hybridized carbons (Fsp3) is 0.467. The van der Waals surface area contributed by atoms with Gasteiger partial charge >= 0.3 is 0 Å². The Morgan fingerprint density at radius 1 is 1.33 bits per heavy atom. The number of hydrogen-bond donors (Lipinski definition) is 1. The molecule has 0 spiro atoms. The first-order valence-electron chi connectivity index (χ1n) is 7.23. The molecule has 2 heterocycles. The number of hydrogen-bond acceptors (Lipinski definition) is 5. The van der Waals surface area contributed by atoms with Crippen molar-refractivity contribution < 1.29 is 0 Å². The lowest BCUT2D eigenvalue weighted by Crippen LogP contribution is -2.52. The molecule has 4 nitrogen and oxygen atoms in total. The highest BCUT2D eigenvalue weighted by atomic mass is 32.1. The predicted molar refractivity (Wildman–Crippen MR) is 92.7 cm³/mol. The molecule has 112 valence electrons. The number of aromatic nitrogens is 1. The molecular formula is C15H20N4S2. The zero-order valence-electron chi connectivity index (χ0n) is 12.2. The van der Waals surface area contributed by atoms with Crippen LogP contribution in [0.3, 0.4) is 0 Å². The van der Waals surface area contributed by atoms with Crippen LogP contribution < -0.4 is 5.73 Å². The molecule has 1 unspecified atom stereocenters. The van der Waals surface area contributed by atoms with Crippen LogP contribution in [0, 0.1) is 0 Å². The summed E-state index contributed by atoms with van der Waals surface area (Å²) in [6.07, 6.45) is 0. The third kappa shape index (κ3) is 3.40. The lowest BCUT2D eigenvalue weighted by atomic mass is 10.2. The quantitative estimate of drug-likeness (QED) is 0.874. The summed E-state index contributed by atoms with van der Waals surface area (Å²) in [7, 11) is 0. The minimum atomic E-state index is 0.199. The van der Waals surface area contributed by atoms with E-state index in [1.165, 1.54) is 9.71 Å². The highest BCUT2D eigenvalue weighted by Gasteiger charge is 2.22. The Hall–Kier alpha value is -1.08. The van der Waals surface area contributed by atoms with Crippen LogP contribution in [0.4, 0.5) is 0 Å². The summed E-state index contributed by atoms with van der Waals surface area (Å²) >= 11 is 6.88. The zero-order valence-corrected chi connectivity index (χ0v) is 13.8. The number of rotatable bonds is 4. The standard InChI is InChI=1S/C15H20N4S2/c1-11(15(16)20)19-8-6-18(7-9-19)10-14-17-12-4-2-3-5-13(12)21-14/h2-5,11H,6-10H2,1H3,(H2,16,20). The van der Waals surface area contributed by atoms with Crippen molar-refractivity contribution in [3.63, 3.8) is 0 Å². The molecular weight excluding hydrogens is 300 g/mol. The minimum absolute atomic E-state index is 0.199. The Bertz CT molecular complexity index is 598. The Morgan fingerprint density at radius 3 is 2.71 bits per heavy atom. The SMILES string of the molecule is CC(C(N)=S)N1CCN(Cc2nc3ccccc3s2)CC1. The summed E-state index contributed by atoms with van der Waals surface area (Å²) in [5, 5.41) is 1.20. The molecule has 0 radical (unpaired) electrons.